The van der Waals surface area contributed by atoms with Gasteiger partial charge in [-0.25, -0.2) is 0 Å². The molecule has 71 heavy (non-hydrogen) atoms. The van der Waals surface area contributed by atoms with E-state index in [0.717, 1.165) is 72.6 Å². The van der Waals surface area contributed by atoms with Crippen LogP contribution < -0.4 is 0 Å². The lowest BCUT2D eigenvalue weighted by Crippen LogP contribution is -1.96. The van der Waals surface area contributed by atoms with Crippen LogP contribution in [0.25, 0.3) is 133 Å². The lowest BCUT2D eigenvalue weighted by Gasteiger charge is -2.15. The van der Waals surface area contributed by atoms with Gasteiger partial charge >= 0.3 is 0 Å². The van der Waals surface area contributed by atoms with Crippen molar-refractivity contribution in [2.75, 3.05) is 0 Å². The first kappa shape index (κ1) is 39.8. The third-order valence-electron chi connectivity index (χ3n) is 15.2. The molecule has 332 valence electrons. The largest absolute Gasteiger partial charge is 0.456 e. The summed E-state index contributed by atoms with van der Waals surface area (Å²) in [6, 6.07) is 79.7. The Labute approximate surface area is 410 Å². The minimum atomic E-state index is 0.752. The van der Waals surface area contributed by atoms with Crippen LogP contribution in [0, 0.1) is 0 Å². The molecule has 0 amide bonds. The summed E-state index contributed by atoms with van der Waals surface area (Å²) in [5.74, 6) is 0. The molecule has 0 bridgehead atoms. The Hall–Kier alpha value is -9.18. The molecule has 3 nitrogen and oxygen atoms in total. The summed E-state index contributed by atoms with van der Waals surface area (Å²) in [7, 11) is 0. The number of hydrogen-bond acceptors (Lipinski definition) is 2. The molecule has 2 aliphatic rings. The van der Waals surface area contributed by atoms with Crippen LogP contribution in [-0.4, -0.2) is 4.57 Å². The number of furan rings is 2. The monoisotopic (exact) mass is 905 g/mol. The molecule has 0 saturated carbocycles. The highest BCUT2D eigenvalue weighted by atomic mass is 16.3. The van der Waals surface area contributed by atoms with E-state index in [-0.39, 0.29) is 0 Å². The van der Waals surface area contributed by atoms with Crippen molar-refractivity contribution >= 4 is 82.4 Å². The fourth-order valence-electron chi connectivity index (χ4n) is 11.8. The number of benzene rings is 10. The highest BCUT2D eigenvalue weighted by Gasteiger charge is 2.25. The van der Waals surface area contributed by atoms with Crippen LogP contribution >= 0.6 is 0 Å². The second kappa shape index (κ2) is 15.4. The van der Waals surface area contributed by atoms with E-state index in [0.29, 0.717) is 0 Å². The molecule has 0 fully saturated rings. The Morgan fingerprint density at radius 1 is 0.366 bits per heavy atom. The Morgan fingerprint density at radius 2 is 0.915 bits per heavy atom. The number of allylic oxidation sites excluding steroid dienone is 6. The van der Waals surface area contributed by atoms with Gasteiger partial charge in [-0.2, -0.15) is 0 Å². The summed E-state index contributed by atoms with van der Waals surface area (Å²) in [5.41, 5.74) is 25.3. The van der Waals surface area contributed by atoms with Crippen molar-refractivity contribution in [2.24, 2.45) is 0 Å². The third kappa shape index (κ3) is 6.16. The van der Waals surface area contributed by atoms with Crippen LogP contribution in [0.1, 0.15) is 30.0 Å². The van der Waals surface area contributed by atoms with Crippen molar-refractivity contribution in [1.29, 1.82) is 0 Å². The van der Waals surface area contributed by atoms with Crippen molar-refractivity contribution < 1.29 is 8.83 Å². The lowest BCUT2D eigenvalue weighted by molar-refractivity contribution is 0.668. The second-order valence-electron chi connectivity index (χ2n) is 19.1. The zero-order valence-corrected chi connectivity index (χ0v) is 38.9. The van der Waals surface area contributed by atoms with Gasteiger partial charge in [-0.3, -0.25) is 0 Å². The zero-order chi connectivity index (χ0) is 46.7. The van der Waals surface area contributed by atoms with E-state index < -0.39 is 0 Å². The molecule has 0 unspecified atom stereocenters. The fourth-order valence-corrected chi connectivity index (χ4v) is 11.8. The Kier molecular flexibility index (Phi) is 8.64. The molecule has 0 radical (unpaired) electrons. The average molecular weight is 906 g/mol. The predicted octanol–water partition coefficient (Wildman–Crippen LogP) is 18.9. The molecular weight excluding hydrogens is 863 g/mol. The Balaban J connectivity index is 0.962. The summed E-state index contributed by atoms with van der Waals surface area (Å²) in [5, 5.41) is 6.98. The first-order chi connectivity index (χ1) is 35.1. The van der Waals surface area contributed by atoms with Gasteiger partial charge in [-0.15, -0.1) is 0 Å². The van der Waals surface area contributed by atoms with Gasteiger partial charge in [-0.05, 0) is 159 Å². The van der Waals surface area contributed by atoms with Gasteiger partial charge in [0, 0.05) is 43.4 Å². The molecule has 3 heteroatoms. The van der Waals surface area contributed by atoms with Gasteiger partial charge in [0.25, 0.3) is 0 Å². The first-order valence-corrected chi connectivity index (χ1v) is 24.5. The molecule has 3 aromatic heterocycles. The van der Waals surface area contributed by atoms with Crippen molar-refractivity contribution in [1.82, 2.24) is 4.57 Å². The molecule has 1 aliphatic carbocycles. The lowest BCUT2D eigenvalue weighted by atomic mass is 9.89. The average Bonchev–Trinajstić information content (AvgIpc) is 4.03. The van der Waals surface area contributed by atoms with Gasteiger partial charge in [-0.1, -0.05) is 158 Å². The molecule has 0 saturated heterocycles. The summed E-state index contributed by atoms with van der Waals surface area (Å²) in [6.07, 6.45) is 5.68. The predicted molar refractivity (Wildman–Crippen MR) is 297 cm³/mol. The normalized spacial score (nSPS) is 13.5. The van der Waals surface area contributed by atoms with Crippen molar-refractivity contribution in [2.45, 2.75) is 13.3 Å². The number of hydrogen-bond donors (Lipinski definition) is 0. The molecule has 1 aliphatic heterocycles. The Morgan fingerprint density at radius 3 is 1.62 bits per heavy atom. The van der Waals surface area contributed by atoms with E-state index in [1.54, 1.807) is 0 Å². The molecule has 10 aromatic carbocycles. The summed E-state index contributed by atoms with van der Waals surface area (Å²) >= 11 is 0. The summed E-state index contributed by atoms with van der Waals surface area (Å²) < 4.78 is 15.2. The standard InChI is InChI=1S/C68H43NO2/c1-41-50(42-14-3-2-4-15-42)30-26-43(37-59(41)46-27-31-54-58-22-13-21-57-52-17-6-5-16-51(52)53-18-7-10-23-62(53)69(68(57)58)63(54)40-46)47-34-48(44-28-32-66-60(38-44)55-19-8-11-24-64(55)70-66)36-49(35-47)45-29-33-67-61(39-45)56-20-9-12-25-65(56)71-67/h2-25,27-40H,26H2,1H3. The van der Waals surface area contributed by atoms with Crippen LogP contribution in [0.4, 0.5) is 0 Å². The van der Waals surface area contributed by atoms with E-state index in [1.807, 2.05) is 12.1 Å². The number of para-hydroxylation sites is 4. The van der Waals surface area contributed by atoms with Crippen LogP contribution in [0.5, 0.6) is 0 Å². The molecule has 0 spiro atoms. The summed E-state index contributed by atoms with van der Waals surface area (Å²) in [4.78, 5) is 0. The third-order valence-corrected chi connectivity index (χ3v) is 15.2. The maximum absolute atomic E-state index is 6.32. The number of fused-ring (bicyclic) bond motifs is 14. The highest BCUT2D eigenvalue weighted by molar-refractivity contribution is 6.17. The van der Waals surface area contributed by atoms with Crippen LogP contribution in [0.2, 0.25) is 0 Å². The highest BCUT2D eigenvalue weighted by Crippen LogP contribution is 2.48. The topological polar surface area (TPSA) is 31.2 Å². The van der Waals surface area contributed by atoms with Gasteiger partial charge < -0.3 is 13.4 Å². The smallest absolute Gasteiger partial charge is 0.135 e. The number of rotatable bonds is 5. The quantitative estimate of drug-likeness (QED) is 0.172. The second-order valence-corrected chi connectivity index (χ2v) is 19.1. The minimum Gasteiger partial charge on any atom is -0.456 e. The number of nitrogens with zero attached hydrogens (tertiary/aromatic N) is 1. The van der Waals surface area contributed by atoms with E-state index >= 15 is 0 Å². The first-order valence-electron chi connectivity index (χ1n) is 24.5. The minimum absolute atomic E-state index is 0.752. The summed E-state index contributed by atoms with van der Waals surface area (Å²) in [6.45, 7) is 2.31. The molecule has 4 heterocycles. The van der Waals surface area contributed by atoms with E-state index in [9.17, 15) is 0 Å². The van der Waals surface area contributed by atoms with Crippen LogP contribution in [-0.2, 0) is 0 Å². The van der Waals surface area contributed by atoms with E-state index in [1.165, 1.54) is 88.7 Å². The zero-order valence-electron chi connectivity index (χ0n) is 38.9. The maximum Gasteiger partial charge on any atom is 0.135 e. The molecule has 15 rings (SSSR count). The molecule has 0 atom stereocenters. The molecule has 13 aromatic rings. The number of aromatic nitrogens is 1. The van der Waals surface area contributed by atoms with Crippen molar-refractivity contribution in [3.05, 3.63) is 253 Å². The van der Waals surface area contributed by atoms with E-state index in [2.05, 4.69) is 230 Å². The van der Waals surface area contributed by atoms with Crippen LogP contribution in [0.3, 0.4) is 0 Å². The van der Waals surface area contributed by atoms with Gasteiger partial charge in [0.15, 0.2) is 0 Å². The molecule has 0 N–H and O–H groups in total. The van der Waals surface area contributed by atoms with Gasteiger partial charge in [0.1, 0.15) is 22.3 Å². The van der Waals surface area contributed by atoms with Crippen molar-refractivity contribution in [3.8, 4) is 50.2 Å². The Bertz CT molecular complexity index is 4360. The SMILES string of the molecule is CC1=C(c2ccc3c4cccc5c4n(c3c2)-c2ccccc2-c2ccccc2-5)C=C(c2cc(-c3ccc4oc5ccccc5c4c3)cc(-c3ccc4oc5ccccc5c4c3)c2)CC=C1c1ccccc1. The molecular formula is C68H43NO2. The van der Waals surface area contributed by atoms with E-state index in [4.69, 9.17) is 8.83 Å². The van der Waals surface area contributed by atoms with Crippen LogP contribution in [0.15, 0.2) is 245 Å². The van der Waals surface area contributed by atoms with Crippen molar-refractivity contribution in [3.63, 3.8) is 0 Å². The maximum atomic E-state index is 6.32. The van der Waals surface area contributed by atoms with Gasteiger partial charge in [0.2, 0.25) is 0 Å². The van der Waals surface area contributed by atoms with Gasteiger partial charge in [0.05, 0.1) is 16.7 Å². The fraction of sp³-hybridized carbons (Fsp3) is 0.0294.